The van der Waals surface area contributed by atoms with E-state index in [1.54, 1.807) is 24.0 Å². The Balaban J connectivity index is 1.53. The maximum atomic E-state index is 14.1. The number of aryl methyl sites for hydroxylation is 1. The first kappa shape index (κ1) is 25.9. The minimum atomic E-state index is -4.78. The zero-order valence-corrected chi connectivity index (χ0v) is 20.6. The molecule has 3 aromatic rings. The maximum absolute atomic E-state index is 14.1. The van der Waals surface area contributed by atoms with Crippen molar-refractivity contribution in [3.8, 4) is 0 Å². The fraction of sp³-hybridized carbons (Fsp3) is 0.400. The van der Waals surface area contributed by atoms with Crippen LogP contribution in [0.5, 0.6) is 0 Å². The van der Waals surface area contributed by atoms with Crippen LogP contribution in [-0.2, 0) is 12.7 Å². The topological polar surface area (TPSA) is 63.1 Å². The van der Waals surface area contributed by atoms with Crippen molar-refractivity contribution in [2.24, 2.45) is 0 Å². The van der Waals surface area contributed by atoms with Crippen LogP contribution in [0.25, 0.3) is 0 Å². The predicted molar refractivity (Wildman–Crippen MR) is 127 cm³/mol. The van der Waals surface area contributed by atoms with Gasteiger partial charge in [-0.2, -0.15) is 13.2 Å². The minimum absolute atomic E-state index is 0.272. The third kappa shape index (κ3) is 5.48. The number of alkyl halides is 3. The van der Waals surface area contributed by atoms with Crippen LogP contribution < -0.4 is 5.32 Å². The number of amides is 2. The molecule has 0 unspecified atom stereocenters. The summed E-state index contributed by atoms with van der Waals surface area (Å²) in [7, 11) is 0. The minimum Gasteiger partial charge on any atom is -0.331 e. The van der Waals surface area contributed by atoms with Gasteiger partial charge in [0.05, 0.1) is 24.2 Å². The number of nitrogens with one attached hydrogen (secondary N) is 1. The van der Waals surface area contributed by atoms with Crippen molar-refractivity contribution in [1.29, 1.82) is 0 Å². The molecule has 11 heteroatoms. The van der Waals surface area contributed by atoms with Crippen molar-refractivity contribution in [2.75, 3.05) is 6.54 Å². The van der Waals surface area contributed by atoms with E-state index in [1.807, 2.05) is 23.6 Å². The molecule has 4 rings (SSSR count). The molecule has 36 heavy (non-hydrogen) atoms. The van der Waals surface area contributed by atoms with Gasteiger partial charge >= 0.3 is 12.2 Å². The van der Waals surface area contributed by atoms with Gasteiger partial charge in [-0.3, -0.25) is 0 Å². The molecule has 192 valence electrons. The molecule has 2 heterocycles. The number of hydrogen-bond acceptors (Lipinski definition) is 3. The highest BCUT2D eigenvalue weighted by atomic mass is 35.5. The van der Waals surface area contributed by atoms with Gasteiger partial charge < -0.3 is 14.8 Å². The first-order chi connectivity index (χ1) is 17.1. The van der Waals surface area contributed by atoms with Gasteiger partial charge in [0.25, 0.3) is 0 Å². The number of rotatable bonds is 6. The fourth-order valence-corrected chi connectivity index (χ4v) is 4.65. The normalized spacial score (nSPS) is 16.9. The third-order valence-corrected chi connectivity index (χ3v) is 6.69. The lowest BCUT2D eigenvalue weighted by atomic mass is 10.0. The zero-order valence-electron chi connectivity index (χ0n) is 19.8. The Morgan fingerprint density at radius 1 is 1.19 bits per heavy atom. The molecule has 0 spiro atoms. The summed E-state index contributed by atoms with van der Waals surface area (Å²) in [6.07, 6.45) is -2.95. The lowest BCUT2D eigenvalue weighted by molar-refractivity contribution is -0.140. The molecule has 2 atom stereocenters. The molecule has 0 radical (unpaired) electrons. The van der Waals surface area contributed by atoms with Gasteiger partial charge in [-0.05, 0) is 61.6 Å². The molecule has 2 aromatic carbocycles. The second-order valence-electron chi connectivity index (χ2n) is 8.82. The number of carbonyl (C=O) groups excluding carboxylic acids is 1. The second kappa shape index (κ2) is 10.5. The average molecular weight is 524 g/mol. The van der Waals surface area contributed by atoms with Gasteiger partial charge in [-0.1, -0.05) is 36.7 Å². The summed E-state index contributed by atoms with van der Waals surface area (Å²) in [4.78, 5) is 14.9. The average Bonchev–Trinajstić information content (AvgIpc) is 3.45. The molecule has 1 fully saturated rings. The molecule has 1 aromatic heterocycles. The molecular formula is C25H26ClF4N5O. The molecule has 2 amide bonds. The molecule has 0 bridgehead atoms. The Hall–Kier alpha value is -3.14. The summed E-state index contributed by atoms with van der Waals surface area (Å²) in [5.74, 6) is 0.000111. The second-order valence-corrected chi connectivity index (χ2v) is 9.25. The predicted octanol–water partition coefficient (Wildman–Crippen LogP) is 6.44. The van der Waals surface area contributed by atoms with Crippen LogP contribution in [0.4, 0.5) is 22.4 Å². The highest BCUT2D eigenvalue weighted by molar-refractivity contribution is 6.30. The van der Waals surface area contributed by atoms with Crippen LogP contribution >= 0.6 is 11.6 Å². The summed E-state index contributed by atoms with van der Waals surface area (Å²) >= 11 is 5.99. The van der Waals surface area contributed by atoms with E-state index < -0.39 is 23.6 Å². The van der Waals surface area contributed by atoms with Crippen LogP contribution in [0.1, 0.15) is 66.6 Å². The Kier molecular flexibility index (Phi) is 7.54. The third-order valence-electron chi connectivity index (χ3n) is 6.44. The number of hydrogen-bond donors (Lipinski definition) is 1. The van der Waals surface area contributed by atoms with Gasteiger partial charge in [0.1, 0.15) is 11.6 Å². The molecule has 0 saturated carbocycles. The van der Waals surface area contributed by atoms with Crippen molar-refractivity contribution >= 4 is 17.6 Å². The van der Waals surface area contributed by atoms with Gasteiger partial charge in [0.2, 0.25) is 0 Å². The summed E-state index contributed by atoms with van der Waals surface area (Å²) < 4.78 is 54.9. The SMILES string of the molecule is CC[C@H](NC(=O)N1CCC[C@@H]1c1nnc(C)n1Cc1ccc(Cl)cc1)c1ccc(C(F)(F)F)c(F)c1. The van der Waals surface area contributed by atoms with E-state index in [0.717, 1.165) is 18.1 Å². The Bertz CT molecular complexity index is 1230. The van der Waals surface area contributed by atoms with Gasteiger partial charge in [0, 0.05) is 11.6 Å². The molecule has 1 aliphatic heterocycles. The van der Waals surface area contributed by atoms with Crippen molar-refractivity contribution in [2.45, 2.75) is 57.9 Å². The van der Waals surface area contributed by atoms with Crippen LogP contribution in [0.3, 0.4) is 0 Å². The highest BCUT2D eigenvalue weighted by Gasteiger charge is 2.36. The Morgan fingerprint density at radius 3 is 2.56 bits per heavy atom. The lowest BCUT2D eigenvalue weighted by Gasteiger charge is -2.28. The van der Waals surface area contributed by atoms with E-state index in [9.17, 15) is 22.4 Å². The van der Waals surface area contributed by atoms with Crippen LogP contribution in [-0.4, -0.2) is 32.2 Å². The number of benzene rings is 2. The molecule has 1 N–H and O–H groups in total. The first-order valence-electron chi connectivity index (χ1n) is 11.7. The first-order valence-corrected chi connectivity index (χ1v) is 12.0. The van der Waals surface area contributed by atoms with E-state index in [1.165, 1.54) is 6.07 Å². The van der Waals surface area contributed by atoms with E-state index in [0.29, 0.717) is 48.7 Å². The Morgan fingerprint density at radius 2 is 1.92 bits per heavy atom. The number of carbonyl (C=O) groups is 1. The van der Waals surface area contributed by atoms with E-state index in [4.69, 9.17) is 11.6 Å². The molecular weight excluding hydrogens is 498 g/mol. The number of aromatic nitrogens is 3. The summed E-state index contributed by atoms with van der Waals surface area (Å²) in [6, 6.07) is 8.84. The molecule has 6 nitrogen and oxygen atoms in total. The van der Waals surface area contributed by atoms with E-state index in [2.05, 4.69) is 15.5 Å². The van der Waals surface area contributed by atoms with Crippen LogP contribution in [0.15, 0.2) is 42.5 Å². The molecule has 0 aliphatic carbocycles. The lowest BCUT2D eigenvalue weighted by Crippen LogP contribution is -2.41. The fourth-order valence-electron chi connectivity index (χ4n) is 4.52. The Labute approximate surface area is 211 Å². The standard InChI is InChI=1S/C25H26ClF4N5O/c1-3-21(17-8-11-19(20(27)13-17)25(28,29)30)31-24(36)34-12-4-5-22(34)23-33-32-15(2)35(23)14-16-6-9-18(26)10-7-16/h6-11,13,21-22H,3-5,12,14H2,1-2H3,(H,31,36)/t21-,22+/m0/s1. The van der Waals surface area contributed by atoms with Gasteiger partial charge in [-0.15, -0.1) is 10.2 Å². The van der Waals surface area contributed by atoms with Crippen molar-refractivity contribution in [3.05, 3.63) is 81.6 Å². The van der Waals surface area contributed by atoms with Gasteiger partial charge in [0.15, 0.2) is 5.82 Å². The quantitative estimate of drug-likeness (QED) is 0.378. The summed E-state index contributed by atoms with van der Waals surface area (Å²) in [5.41, 5.74) is -0.0517. The van der Waals surface area contributed by atoms with Crippen LogP contribution in [0, 0.1) is 12.7 Å². The number of halogens is 5. The summed E-state index contributed by atoms with van der Waals surface area (Å²) in [5, 5.41) is 12.1. The largest absolute Gasteiger partial charge is 0.419 e. The number of urea groups is 1. The highest BCUT2D eigenvalue weighted by Crippen LogP contribution is 2.34. The molecule has 1 aliphatic rings. The van der Waals surface area contributed by atoms with Crippen molar-refractivity contribution < 1.29 is 22.4 Å². The monoisotopic (exact) mass is 523 g/mol. The van der Waals surface area contributed by atoms with Crippen LogP contribution in [0.2, 0.25) is 5.02 Å². The van der Waals surface area contributed by atoms with Crippen molar-refractivity contribution in [1.82, 2.24) is 25.0 Å². The maximum Gasteiger partial charge on any atom is 0.419 e. The zero-order chi connectivity index (χ0) is 26.0. The van der Waals surface area contributed by atoms with E-state index >= 15 is 0 Å². The van der Waals surface area contributed by atoms with Crippen molar-refractivity contribution in [3.63, 3.8) is 0 Å². The number of likely N-dealkylation sites (tertiary alicyclic amines) is 1. The van der Waals surface area contributed by atoms with E-state index in [-0.39, 0.29) is 17.6 Å². The smallest absolute Gasteiger partial charge is 0.331 e. The number of nitrogens with zero attached hydrogens (tertiary/aromatic N) is 4. The van der Waals surface area contributed by atoms with Gasteiger partial charge in [-0.25, -0.2) is 9.18 Å². The molecule has 1 saturated heterocycles. The summed E-state index contributed by atoms with van der Waals surface area (Å²) in [6.45, 7) is 4.62.